The first kappa shape index (κ1) is 25.9. The summed E-state index contributed by atoms with van der Waals surface area (Å²) >= 11 is 0. The lowest BCUT2D eigenvalue weighted by Crippen LogP contribution is -2.55. The molecule has 3 rings (SSSR count). The van der Waals surface area contributed by atoms with Crippen LogP contribution in [0.5, 0.6) is 0 Å². The van der Waals surface area contributed by atoms with Gasteiger partial charge in [-0.15, -0.1) is 0 Å². The van der Waals surface area contributed by atoms with Gasteiger partial charge in [0.25, 0.3) is 0 Å². The van der Waals surface area contributed by atoms with Crippen molar-refractivity contribution in [2.45, 2.75) is 65.1 Å². The molecule has 0 radical (unpaired) electrons. The zero-order valence-corrected chi connectivity index (χ0v) is 21.3. The van der Waals surface area contributed by atoms with Gasteiger partial charge < -0.3 is 15.0 Å². The van der Waals surface area contributed by atoms with Gasteiger partial charge in [-0.1, -0.05) is 13.0 Å². The number of anilines is 1. The largest absolute Gasteiger partial charge is 0.381 e. The average molecular weight is 466 g/mol. The Hall–Kier alpha value is -2.69. The third-order valence-corrected chi connectivity index (χ3v) is 7.09. The second kappa shape index (κ2) is 12.1. The third kappa shape index (κ3) is 6.25. The lowest BCUT2D eigenvalue weighted by molar-refractivity contribution is -0.127. The number of carbonyl (C=O) groups is 1. The topological polar surface area (TPSA) is 81.0 Å². The summed E-state index contributed by atoms with van der Waals surface area (Å²) in [6, 6.07) is 6.07. The maximum Gasteiger partial charge on any atom is 0.237 e. The number of aliphatic imine (C=N–C) groups is 1. The maximum atomic E-state index is 13.1. The first-order chi connectivity index (χ1) is 16.4. The van der Waals surface area contributed by atoms with E-state index in [0.29, 0.717) is 23.3 Å². The molecule has 0 aromatic heterocycles. The summed E-state index contributed by atoms with van der Waals surface area (Å²) in [5.74, 6) is 0.542. The molecule has 2 heterocycles. The van der Waals surface area contributed by atoms with Gasteiger partial charge >= 0.3 is 0 Å². The highest BCUT2D eigenvalue weighted by molar-refractivity contribution is 5.82. The van der Waals surface area contributed by atoms with E-state index in [1.54, 1.807) is 13.3 Å². The molecule has 7 heteroatoms. The summed E-state index contributed by atoms with van der Waals surface area (Å²) in [4.78, 5) is 22.2. The number of nitrogens with one attached hydrogen (secondary N) is 1. The van der Waals surface area contributed by atoms with Gasteiger partial charge in [0.15, 0.2) is 0 Å². The minimum atomic E-state index is -0.146. The van der Waals surface area contributed by atoms with Gasteiger partial charge in [0.05, 0.1) is 23.4 Å². The molecule has 7 nitrogen and oxygen atoms in total. The number of nitrogens with zero attached hydrogens (tertiary/aromatic N) is 4. The minimum Gasteiger partial charge on any atom is -0.381 e. The Kier molecular flexibility index (Phi) is 9.26. The van der Waals surface area contributed by atoms with E-state index in [-0.39, 0.29) is 18.0 Å². The number of hydrogen-bond donors (Lipinski definition) is 1. The number of hydrogen-bond acceptors (Lipinski definition) is 6. The first-order valence-corrected chi connectivity index (χ1v) is 12.4. The van der Waals surface area contributed by atoms with Gasteiger partial charge in [0.1, 0.15) is 6.07 Å². The number of carbonyl (C=O) groups excluding carboxylic acids is 1. The van der Waals surface area contributed by atoms with Crippen LogP contribution in [0.25, 0.3) is 0 Å². The van der Waals surface area contributed by atoms with Crippen LogP contribution in [0.1, 0.15) is 51.2 Å². The lowest BCUT2D eigenvalue weighted by Gasteiger charge is -2.40. The molecule has 0 aliphatic carbocycles. The van der Waals surface area contributed by atoms with Crippen LogP contribution in [-0.4, -0.2) is 68.5 Å². The van der Waals surface area contributed by atoms with Crippen LogP contribution < -0.4 is 10.2 Å². The van der Waals surface area contributed by atoms with Crippen molar-refractivity contribution in [2.75, 3.05) is 38.2 Å². The van der Waals surface area contributed by atoms with E-state index in [9.17, 15) is 10.1 Å². The Morgan fingerprint density at radius 3 is 2.71 bits per heavy atom. The minimum absolute atomic E-state index is 0.0835. The molecule has 2 saturated heterocycles. The van der Waals surface area contributed by atoms with Crippen LogP contribution in [0, 0.1) is 24.2 Å². The smallest absolute Gasteiger partial charge is 0.237 e. The Bertz CT molecular complexity index is 943. The van der Waals surface area contributed by atoms with E-state index < -0.39 is 0 Å². The summed E-state index contributed by atoms with van der Waals surface area (Å²) in [5.41, 5.74) is 3.36. The molecule has 184 valence electrons. The fourth-order valence-corrected chi connectivity index (χ4v) is 5.13. The SMILES string of the molecule is C/C=C/C=Nc1c(C#N)ccc(N2C[C@@H](C)C[C@@H](NC(=O)C(C)N3CCC(OC)CC3)C2)c1C. The zero-order valence-electron chi connectivity index (χ0n) is 21.3. The molecule has 2 aliphatic heterocycles. The van der Waals surface area contributed by atoms with Crippen LogP contribution >= 0.6 is 0 Å². The van der Waals surface area contributed by atoms with Crippen LogP contribution in [0.2, 0.25) is 0 Å². The zero-order chi connectivity index (χ0) is 24.7. The Morgan fingerprint density at radius 2 is 2.06 bits per heavy atom. The summed E-state index contributed by atoms with van der Waals surface area (Å²) in [5, 5.41) is 12.9. The molecule has 1 unspecified atom stereocenters. The van der Waals surface area contributed by atoms with Gasteiger partial charge in [-0.3, -0.25) is 14.7 Å². The monoisotopic (exact) mass is 465 g/mol. The number of likely N-dealkylation sites (tertiary alicyclic amines) is 1. The average Bonchev–Trinajstić information content (AvgIpc) is 2.84. The highest BCUT2D eigenvalue weighted by Crippen LogP contribution is 2.34. The fourth-order valence-electron chi connectivity index (χ4n) is 5.13. The molecule has 1 aromatic carbocycles. The van der Waals surface area contributed by atoms with E-state index in [1.807, 2.05) is 45.1 Å². The lowest BCUT2D eigenvalue weighted by atomic mass is 9.94. The summed E-state index contributed by atoms with van der Waals surface area (Å²) in [6.45, 7) is 11.6. The molecular formula is C27H39N5O2. The molecule has 1 N–H and O–H groups in total. The van der Waals surface area contributed by atoms with Crippen molar-refractivity contribution in [3.8, 4) is 6.07 Å². The Morgan fingerprint density at radius 1 is 1.32 bits per heavy atom. The highest BCUT2D eigenvalue weighted by atomic mass is 16.5. The van der Waals surface area contributed by atoms with Crippen molar-refractivity contribution >= 4 is 23.5 Å². The molecule has 1 amide bonds. The maximum absolute atomic E-state index is 13.1. The number of benzene rings is 1. The normalized spacial score (nSPS) is 23.4. The molecule has 2 aliphatic rings. The van der Waals surface area contributed by atoms with Gasteiger partial charge in [0.2, 0.25) is 5.91 Å². The predicted molar refractivity (Wildman–Crippen MR) is 138 cm³/mol. The van der Waals surface area contributed by atoms with Crippen LogP contribution in [0.4, 0.5) is 11.4 Å². The second-order valence-corrected chi connectivity index (χ2v) is 9.62. The number of amides is 1. The summed E-state index contributed by atoms with van der Waals surface area (Å²) in [6.07, 6.45) is 8.71. The number of methoxy groups -OCH3 is 1. The Labute approximate surface area is 204 Å². The van der Waals surface area contributed by atoms with E-state index in [1.165, 1.54) is 0 Å². The number of rotatable bonds is 7. The van der Waals surface area contributed by atoms with E-state index in [2.05, 4.69) is 33.1 Å². The number of allylic oxidation sites excluding steroid dienone is 2. The molecule has 34 heavy (non-hydrogen) atoms. The standard InChI is InChI=1S/C27H39N5O2/c1-6-7-12-29-26-20(3)25(9-8-22(26)16-28)32-17-19(2)15-23(18-32)30-27(33)21(4)31-13-10-24(34-5)11-14-31/h6-9,12,19,21,23-24H,10-11,13-15,17-18H2,1-5H3,(H,30,33)/b7-6+,29-12?/t19-,21?,23+/m0/s1. The summed E-state index contributed by atoms with van der Waals surface area (Å²) < 4.78 is 5.46. The molecule has 0 spiro atoms. The quantitative estimate of drug-likeness (QED) is 0.616. The number of nitriles is 1. The van der Waals surface area contributed by atoms with E-state index in [0.717, 1.165) is 56.7 Å². The fraction of sp³-hybridized carbons (Fsp3) is 0.593. The summed E-state index contributed by atoms with van der Waals surface area (Å²) in [7, 11) is 1.76. The number of piperidine rings is 2. The van der Waals surface area contributed by atoms with Gasteiger partial charge in [-0.2, -0.15) is 5.26 Å². The third-order valence-electron chi connectivity index (χ3n) is 7.09. The van der Waals surface area contributed by atoms with Crippen LogP contribution in [-0.2, 0) is 9.53 Å². The van der Waals surface area contributed by atoms with Crippen LogP contribution in [0.3, 0.4) is 0 Å². The Balaban J connectivity index is 1.71. The number of ether oxygens (including phenoxy) is 1. The van der Waals surface area contributed by atoms with Crippen molar-refractivity contribution in [3.63, 3.8) is 0 Å². The van der Waals surface area contributed by atoms with Gasteiger partial charge in [-0.25, -0.2) is 0 Å². The molecule has 3 atom stereocenters. The van der Waals surface area contributed by atoms with Crippen molar-refractivity contribution in [2.24, 2.45) is 10.9 Å². The highest BCUT2D eigenvalue weighted by Gasteiger charge is 2.31. The molecule has 1 aromatic rings. The predicted octanol–water partition coefficient (Wildman–Crippen LogP) is 3.98. The molecule has 0 bridgehead atoms. The van der Waals surface area contributed by atoms with Crippen molar-refractivity contribution in [3.05, 3.63) is 35.4 Å². The second-order valence-electron chi connectivity index (χ2n) is 9.62. The molecule has 2 fully saturated rings. The van der Waals surface area contributed by atoms with Gasteiger partial charge in [-0.05, 0) is 69.7 Å². The van der Waals surface area contributed by atoms with Crippen molar-refractivity contribution < 1.29 is 9.53 Å². The van der Waals surface area contributed by atoms with E-state index >= 15 is 0 Å². The van der Waals surface area contributed by atoms with Crippen molar-refractivity contribution in [1.29, 1.82) is 5.26 Å². The van der Waals surface area contributed by atoms with Gasteiger partial charge in [0, 0.05) is 51.2 Å². The van der Waals surface area contributed by atoms with Crippen molar-refractivity contribution in [1.82, 2.24) is 10.2 Å². The first-order valence-electron chi connectivity index (χ1n) is 12.4. The van der Waals surface area contributed by atoms with E-state index in [4.69, 9.17) is 4.74 Å². The molecular weight excluding hydrogens is 426 g/mol. The van der Waals surface area contributed by atoms with Crippen LogP contribution in [0.15, 0.2) is 29.3 Å². The molecule has 0 saturated carbocycles.